The second kappa shape index (κ2) is 9.27. The maximum absolute atomic E-state index is 12.2. The average Bonchev–Trinajstić information content (AvgIpc) is 3.19. The molecule has 0 saturated heterocycles. The van der Waals surface area contributed by atoms with E-state index in [4.69, 9.17) is 4.74 Å². The Hall–Kier alpha value is -3.91. The molecule has 0 aliphatic rings. The number of nitrogens with zero attached hydrogens (tertiary/aromatic N) is 1. The first kappa shape index (κ1) is 20.4. The standard InChI is InChI=1S/C23H20N4O3S/c1-24-22(28)19-12-18(9-10-25-19)30-17-8-7-16-11-21(31-20(16)13-17)27-23(29)26-14-15-5-3-2-4-6-15/h2-13H,14H2,1H3,(H,24,28)(H2,26,27,29). The van der Waals surface area contributed by atoms with E-state index in [1.54, 1.807) is 19.2 Å². The third-order valence-electron chi connectivity index (χ3n) is 4.45. The number of aromatic nitrogens is 1. The van der Waals surface area contributed by atoms with Crippen LogP contribution in [0.2, 0.25) is 0 Å². The molecule has 0 unspecified atom stereocenters. The second-order valence-electron chi connectivity index (χ2n) is 6.66. The zero-order chi connectivity index (χ0) is 21.6. The number of benzene rings is 2. The third-order valence-corrected chi connectivity index (χ3v) is 5.46. The molecule has 2 heterocycles. The molecule has 0 atom stereocenters. The molecule has 4 aromatic rings. The Morgan fingerprint density at radius 3 is 2.61 bits per heavy atom. The highest BCUT2D eigenvalue weighted by atomic mass is 32.1. The van der Waals surface area contributed by atoms with E-state index >= 15 is 0 Å². The van der Waals surface area contributed by atoms with Gasteiger partial charge in [0.05, 0.1) is 5.00 Å². The summed E-state index contributed by atoms with van der Waals surface area (Å²) >= 11 is 1.46. The number of thiophene rings is 1. The predicted molar refractivity (Wildman–Crippen MR) is 122 cm³/mol. The largest absolute Gasteiger partial charge is 0.457 e. The van der Waals surface area contributed by atoms with Gasteiger partial charge in [0.25, 0.3) is 5.91 Å². The van der Waals surface area contributed by atoms with Gasteiger partial charge in [0.2, 0.25) is 0 Å². The van der Waals surface area contributed by atoms with Crippen LogP contribution in [-0.4, -0.2) is 24.0 Å². The summed E-state index contributed by atoms with van der Waals surface area (Å²) in [6, 6.07) is 20.3. The van der Waals surface area contributed by atoms with Crippen LogP contribution < -0.4 is 20.7 Å². The number of pyridine rings is 1. The van der Waals surface area contributed by atoms with Gasteiger partial charge < -0.3 is 15.4 Å². The number of carbonyl (C=O) groups excluding carboxylic acids is 2. The molecule has 0 saturated carbocycles. The van der Waals surface area contributed by atoms with Gasteiger partial charge in [-0.25, -0.2) is 4.79 Å². The molecule has 3 N–H and O–H groups in total. The topological polar surface area (TPSA) is 92.4 Å². The van der Waals surface area contributed by atoms with Crippen LogP contribution in [0.5, 0.6) is 11.5 Å². The summed E-state index contributed by atoms with van der Waals surface area (Å²) < 4.78 is 6.86. The zero-order valence-corrected chi connectivity index (χ0v) is 17.5. The SMILES string of the molecule is CNC(=O)c1cc(Oc2ccc3cc(NC(=O)NCc4ccccc4)sc3c2)ccn1. The molecule has 0 spiro atoms. The van der Waals surface area contributed by atoms with Gasteiger partial charge >= 0.3 is 6.03 Å². The van der Waals surface area contributed by atoms with Crippen LogP contribution in [0.4, 0.5) is 9.80 Å². The first-order valence-corrected chi connectivity index (χ1v) is 10.4. The number of carbonyl (C=O) groups is 2. The molecule has 3 amide bonds. The average molecular weight is 433 g/mol. The molecule has 2 aromatic carbocycles. The number of ether oxygens (including phenoxy) is 1. The van der Waals surface area contributed by atoms with Crippen molar-refractivity contribution in [3.05, 3.63) is 84.2 Å². The van der Waals surface area contributed by atoms with Gasteiger partial charge in [0, 0.05) is 30.6 Å². The van der Waals surface area contributed by atoms with Gasteiger partial charge in [0.1, 0.15) is 17.2 Å². The molecular weight excluding hydrogens is 412 g/mol. The lowest BCUT2D eigenvalue weighted by molar-refractivity contribution is 0.0958. The van der Waals surface area contributed by atoms with E-state index in [9.17, 15) is 9.59 Å². The molecule has 8 heteroatoms. The first-order chi connectivity index (χ1) is 15.1. The van der Waals surface area contributed by atoms with Crippen molar-refractivity contribution in [2.75, 3.05) is 12.4 Å². The Balaban J connectivity index is 1.42. The monoisotopic (exact) mass is 432 g/mol. The van der Waals surface area contributed by atoms with Crippen molar-refractivity contribution >= 4 is 38.4 Å². The van der Waals surface area contributed by atoms with Gasteiger partial charge in [-0.2, -0.15) is 0 Å². The molecule has 2 aromatic heterocycles. The number of nitrogens with one attached hydrogen (secondary N) is 3. The highest BCUT2D eigenvalue weighted by Gasteiger charge is 2.09. The normalized spacial score (nSPS) is 10.5. The first-order valence-electron chi connectivity index (χ1n) is 9.59. The van der Waals surface area contributed by atoms with Gasteiger partial charge in [-0.05, 0) is 41.3 Å². The fraction of sp³-hybridized carbons (Fsp3) is 0.0870. The van der Waals surface area contributed by atoms with Crippen LogP contribution in [0.15, 0.2) is 72.9 Å². The van der Waals surface area contributed by atoms with E-state index in [1.807, 2.05) is 54.6 Å². The smallest absolute Gasteiger partial charge is 0.320 e. The number of rotatable bonds is 6. The molecule has 0 fully saturated rings. The van der Waals surface area contributed by atoms with Crippen LogP contribution in [0.25, 0.3) is 10.1 Å². The zero-order valence-electron chi connectivity index (χ0n) is 16.7. The minimum absolute atomic E-state index is 0.259. The van der Waals surface area contributed by atoms with Crippen molar-refractivity contribution in [3.8, 4) is 11.5 Å². The quantitative estimate of drug-likeness (QED) is 0.409. The van der Waals surface area contributed by atoms with Crippen molar-refractivity contribution in [3.63, 3.8) is 0 Å². The lowest BCUT2D eigenvalue weighted by Crippen LogP contribution is -2.27. The van der Waals surface area contributed by atoms with Crippen molar-refractivity contribution in [2.24, 2.45) is 0 Å². The molecule has 4 rings (SSSR count). The summed E-state index contributed by atoms with van der Waals surface area (Å²) in [7, 11) is 1.55. The van der Waals surface area contributed by atoms with Gasteiger partial charge in [0.15, 0.2) is 0 Å². The van der Waals surface area contributed by atoms with Crippen molar-refractivity contribution < 1.29 is 14.3 Å². The molecule has 31 heavy (non-hydrogen) atoms. The van der Waals surface area contributed by atoms with E-state index in [2.05, 4.69) is 20.9 Å². The van der Waals surface area contributed by atoms with Gasteiger partial charge in [-0.1, -0.05) is 30.3 Å². The third kappa shape index (κ3) is 5.18. The van der Waals surface area contributed by atoms with E-state index in [1.165, 1.54) is 17.5 Å². The Morgan fingerprint density at radius 1 is 1.00 bits per heavy atom. The molecular formula is C23H20N4O3S. The minimum atomic E-state index is -0.277. The summed E-state index contributed by atoms with van der Waals surface area (Å²) in [4.78, 5) is 28.0. The van der Waals surface area contributed by atoms with E-state index < -0.39 is 0 Å². The Kier molecular flexibility index (Phi) is 6.09. The number of urea groups is 1. The summed E-state index contributed by atoms with van der Waals surface area (Å²) in [5, 5.41) is 9.99. The van der Waals surface area contributed by atoms with Crippen LogP contribution >= 0.6 is 11.3 Å². The number of hydrogen-bond acceptors (Lipinski definition) is 5. The van der Waals surface area contributed by atoms with Gasteiger partial charge in [-0.15, -0.1) is 11.3 Å². The van der Waals surface area contributed by atoms with Crippen molar-refractivity contribution in [1.29, 1.82) is 0 Å². The van der Waals surface area contributed by atoms with Gasteiger partial charge in [-0.3, -0.25) is 15.1 Å². The molecule has 156 valence electrons. The van der Waals surface area contributed by atoms with Crippen LogP contribution in [0, 0.1) is 0 Å². The lowest BCUT2D eigenvalue weighted by Gasteiger charge is -2.07. The van der Waals surface area contributed by atoms with Crippen molar-refractivity contribution in [1.82, 2.24) is 15.6 Å². The number of amides is 3. The summed E-state index contributed by atoms with van der Waals surface area (Å²) in [5.41, 5.74) is 1.32. The number of anilines is 1. The van der Waals surface area contributed by atoms with Crippen molar-refractivity contribution in [2.45, 2.75) is 6.54 Å². The maximum atomic E-state index is 12.2. The molecule has 0 aliphatic heterocycles. The van der Waals surface area contributed by atoms with Crippen LogP contribution in [-0.2, 0) is 6.54 Å². The predicted octanol–water partition coefficient (Wildman–Crippen LogP) is 4.77. The van der Waals surface area contributed by atoms with E-state index in [0.717, 1.165) is 20.7 Å². The summed E-state index contributed by atoms with van der Waals surface area (Å²) in [5.74, 6) is 0.868. The fourth-order valence-corrected chi connectivity index (χ4v) is 3.92. The number of hydrogen-bond donors (Lipinski definition) is 3. The summed E-state index contributed by atoms with van der Waals surface area (Å²) in [6.07, 6.45) is 1.53. The highest BCUT2D eigenvalue weighted by molar-refractivity contribution is 7.23. The Labute approximate surface area is 183 Å². The summed E-state index contributed by atoms with van der Waals surface area (Å²) in [6.45, 7) is 0.458. The van der Waals surface area contributed by atoms with Crippen LogP contribution in [0.3, 0.4) is 0 Å². The van der Waals surface area contributed by atoms with E-state index in [-0.39, 0.29) is 17.6 Å². The highest BCUT2D eigenvalue weighted by Crippen LogP contribution is 2.34. The lowest BCUT2D eigenvalue weighted by atomic mass is 10.2. The van der Waals surface area contributed by atoms with E-state index in [0.29, 0.717) is 18.0 Å². The fourth-order valence-electron chi connectivity index (χ4n) is 2.93. The Bertz CT molecular complexity index is 1220. The molecule has 0 aliphatic carbocycles. The Morgan fingerprint density at radius 2 is 1.81 bits per heavy atom. The van der Waals surface area contributed by atoms with Crippen LogP contribution in [0.1, 0.15) is 16.1 Å². The number of fused-ring (bicyclic) bond motifs is 1. The maximum Gasteiger partial charge on any atom is 0.320 e. The second-order valence-corrected chi connectivity index (χ2v) is 7.75. The molecule has 0 radical (unpaired) electrons. The minimum Gasteiger partial charge on any atom is -0.457 e. The molecule has 0 bridgehead atoms. The molecule has 7 nitrogen and oxygen atoms in total.